The van der Waals surface area contributed by atoms with Crippen LogP contribution in [0.5, 0.6) is 0 Å². The molecule has 0 bridgehead atoms. The van der Waals surface area contributed by atoms with Crippen molar-refractivity contribution in [1.29, 1.82) is 0 Å². The standard InChI is InChI=1S/C15H23NO4S/c1-10-5-4-6-11(2)14(10)16-15(17)13-8-7-12(20-13)9-21(3,18)19/h7-8,10-11,14H,4-6,9H2,1-3H3,(H,16,17). The van der Waals surface area contributed by atoms with E-state index in [1.807, 2.05) is 0 Å². The molecule has 0 aromatic carbocycles. The molecule has 1 aromatic rings. The maximum absolute atomic E-state index is 12.2. The molecule has 1 heterocycles. The Kier molecular flexibility index (Phi) is 4.76. The van der Waals surface area contributed by atoms with Gasteiger partial charge in [-0.15, -0.1) is 0 Å². The zero-order valence-corrected chi connectivity index (χ0v) is 13.6. The van der Waals surface area contributed by atoms with E-state index in [2.05, 4.69) is 19.2 Å². The lowest BCUT2D eigenvalue weighted by molar-refractivity contribution is 0.0851. The molecule has 2 rings (SSSR count). The Morgan fingerprint density at radius 1 is 1.29 bits per heavy atom. The molecule has 6 heteroatoms. The summed E-state index contributed by atoms with van der Waals surface area (Å²) in [5, 5.41) is 3.03. The van der Waals surface area contributed by atoms with Crippen molar-refractivity contribution < 1.29 is 17.6 Å². The average molecular weight is 313 g/mol. The number of carbonyl (C=O) groups is 1. The van der Waals surface area contributed by atoms with Gasteiger partial charge in [-0.05, 0) is 36.8 Å². The van der Waals surface area contributed by atoms with Crippen LogP contribution in [0.3, 0.4) is 0 Å². The van der Waals surface area contributed by atoms with Gasteiger partial charge in [0.2, 0.25) is 0 Å². The van der Waals surface area contributed by atoms with Crippen LogP contribution in [0.1, 0.15) is 49.4 Å². The van der Waals surface area contributed by atoms with Crippen LogP contribution in [0.15, 0.2) is 16.5 Å². The second-order valence-electron chi connectivity index (χ2n) is 6.22. The molecule has 5 nitrogen and oxygen atoms in total. The first kappa shape index (κ1) is 16.1. The monoisotopic (exact) mass is 313 g/mol. The van der Waals surface area contributed by atoms with E-state index in [9.17, 15) is 13.2 Å². The summed E-state index contributed by atoms with van der Waals surface area (Å²) < 4.78 is 27.8. The highest BCUT2D eigenvalue weighted by Crippen LogP contribution is 2.29. The molecule has 1 aliphatic rings. The van der Waals surface area contributed by atoms with Crippen LogP contribution in [0.4, 0.5) is 0 Å². The summed E-state index contributed by atoms with van der Waals surface area (Å²) in [5.41, 5.74) is 0. The summed E-state index contributed by atoms with van der Waals surface area (Å²) >= 11 is 0. The van der Waals surface area contributed by atoms with Crippen molar-refractivity contribution in [3.63, 3.8) is 0 Å². The van der Waals surface area contributed by atoms with Gasteiger partial charge in [-0.3, -0.25) is 4.79 Å². The number of hydrogen-bond acceptors (Lipinski definition) is 4. The molecule has 118 valence electrons. The first-order chi connectivity index (χ1) is 9.76. The van der Waals surface area contributed by atoms with Gasteiger partial charge in [-0.25, -0.2) is 8.42 Å². The zero-order chi connectivity index (χ0) is 15.6. The van der Waals surface area contributed by atoms with E-state index < -0.39 is 9.84 Å². The van der Waals surface area contributed by atoms with E-state index in [1.165, 1.54) is 12.5 Å². The molecule has 1 amide bonds. The maximum atomic E-state index is 12.2. The van der Waals surface area contributed by atoms with Crippen molar-refractivity contribution in [3.8, 4) is 0 Å². The van der Waals surface area contributed by atoms with Crippen molar-refractivity contribution in [2.24, 2.45) is 11.8 Å². The van der Waals surface area contributed by atoms with E-state index in [0.717, 1.165) is 19.1 Å². The third-order valence-corrected chi connectivity index (χ3v) is 4.94. The van der Waals surface area contributed by atoms with Gasteiger partial charge in [-0.2, -0.15) is 0 Å². The van der Waals surface area contributed by atoms with Gasteiger partial charge in [0.05, 0.1) is 0 Å². The quantitative estimate of drug-likeness (QED) is 0.926. The van der Waals surface area contributed by atoms with Crippen molar-refractivity contribution in [3.05, 3.63) is 23.7 Å². The second-order valence-corrected chi connectivity index (χ2v) is 8.36. The summed E-state index contributed by atoms with van der Waals surface area (Å²) in [6, 6.07) is 3.23. The van der Waals surface area contributed by atoms with E-state index in [0.29, 0.717) is 17.6 Å². The third-order valence-electron chi connectivity index (χ3n) is 4.13. The Balaban J connectivity index is 2.03. The summed E-state index contributed by atoms with van der Waals surface area (Å²) in [7, 11) is -3.16. The fraction of sp³-hybridized carbons (Fsp3) is 0.667. The predicted molar refractivity (Wildman–Crippen MR) is 80.7 cm³/mol. The topological polar surface area (TPSA) is 76.4 Å². The lowest BCUT2D eigenvalue weighted by atomic mass is 9.78. The van der Waals surface area contributed by atoms with Crippen molar-refractivity contribution >= 4 is 15.7 Å². The van der Waals surface area contributed by atoms with Crippen LogP contribution in [0.2, 0.25) is 0 Å². The average Bonchev–Trinajstić information content (AvgIpc) is 2.80. The first-order valence-corrected chi connectivity index (χ1v) is 9.39. The van der Waals surface area contributed by atoms with Crippen LogP contribution in [-0.4, -0.2) is 26.6 Å². The minimum Gasteiger partial charge on any atom is -0.455 e. The molecular formula is C15H23NO4S. The molecule has 0 spiro atoms. The molecule has 2 atom stereocenters. The lowest BCUT2D eigenvalue weighted by Crippen LogP contribution is -2.45. The molecule has 21 heavy (non-hydrogen) atoms. The van der Waals surface area contributed by atoms with Gasteiger partial charge in [0.15, 0.2) is 15.6 Å². The second kappa shape index (κ2) is 6.22. The van der Waals surface area contributed by atoms with Gasteiger partial charge in [0, 0.05) is 12.3 Å². The van der Waals surface area contributed by atoms with Crippen LogP contribution in [-0.2, 0) is 15.6 Å². The smallest absolute Gasteiger partial charge is 0.287 e. The zero-order valence-electron chi connectivity index (χ0n) is 12.8. The SMILES string of the molecule is CC1CCCC(C)C1NC(=O)c1ccc(CS(C)(=O)=O)o1. The number of carbonyl (C=O) groups excluding carboxylic acids is 1. The van der Waals surface area contributed by atoms with E-state index in [4.69, 9.17) is 4.42 Å². The molecular weight excluding hydrogens is 290 g/mol. The minimum atomic E-state index is -3.16. The van der Waals surface area contributed by atoms with Crippen LogP contribution >= 0.6 is 0 Å². The number of sulfone groups is 1. The van der Waals surface area contributed by atoms with Crippen LogP contribution in [0, 0.1) is 11.8 Å². The highest BCUT2D eigenvalue weighted by molar-refractivity contribution is 7.89. The number of hydrogen-bond donors (Lipinski definition) is 1. The molecule has 2 unspecified atom stereocenters. The normalized spacial score (nSPS) is 26.5. The number of rotatable bonds is 4. The highest BCUT2D eigenvalue weighted by atomic mass is 32.2. The van der Waals surface area contributed by atoms with Crippen LogP contribution in [0.25, 0.3) is 0 Å². The van der Waals surface area contributed by atoms with Gasteiger partial charge in [0.25, 0.3) is 5.91 Å². The van der Waals surface area contributed by atoms with Crippen molar-refractivity contribution in [2.75, 3.05) is 6.26 Å². The van der Waals surface area contributed by atoms with Crippen molar-refractivity contribution in [1.82, 2.24) is 5.32 Å². The Morgan fingerprint density at radius 3 is 2.48 bits per heavy atom. The van der Waals surface area contributed by atoms with Crippen molar-refractivity contribution in [2.45, 2.75) is 44.9 Å². The fourth-order valence-corrected chi connectivity index (χ4v) is 3.70. The summed E-state index contributed by atoms with van der Waals surface area (Å²) in [4.78, 5) is 12.2. The Bertz CT molecular complexity index is 595. The van der Waals surface area contributed by atoms with Gasteiger partial charge < -0.3 is 9.73 Å². The molecule has 0 radical (unpaired) electrons. The number of nitrogens with one attached hydrogen (secondary N) is 1. The summed E-state index contributed by atoms with van der Waals surface area (Å²) in [5.74, 6) is 0.925. The van der Waals surface area contributed by atoms with E-state index in [1.54, 1.807) is 6.07 Å². The first-order valence-electron chi connectivity index (χ1n) is 7.33. The Hall–Kier alpha value is -1.30. The predicted octanol–water partition coefficient (Wildman–Crippen LogP) is 2.38. The van der Waals surface area contributed by atoms with Gasteiger partial charge in [-0.1, -0.05) is 20.3 Å². The molecule has 1 N–H and O–H groups in total. The van der Waals surface area contributed by atoms with Crippen LogP contribution < -0.4 is 5.32 Å². The van der Waals surface area contributed by atoms with E-state index in [-0.39, 0.29) is 23.5 Å². The van der Waals surface area contributed by atoms with Gasteiger partial charge in [0.1, 0.15) is 11.5 Å². The molecule has 1 saturated carbocycles. The number of amides is 1. The Labute approximate surface area is 126 Å². The maximum Gasteiger partial charge on any atom is 0.287 e. The third kappa shape index (κ3) is 4.33. The van der Waals surface area contributed by atoms with Gasteiger partial charge >= 0.3 is 0 Å². The molecule has 1 aliphatic carbocycles. The fourth-order valence-electron chi connectivity index (χ4n) is 3.02. The molecule has 0 aliphatic heterocycles. The summed E-state index contributed by atoms with van der Waals surface area (Å²) in [6.07, 6.45) is 4.58. The largest absolute Gasteiger partial charge is 0.455 e. The highest BCUT2D eigenvalue weighted by Gasteiger charge is 2.29. The lowest BCUT2D eigenvalue weighted by Gasteiger charge is -2.34. The Morgan fingerprint density at radius 2 is 1.90 bits per heavy atom. The van der Waals surface area contributed by atoms with E-state index >= 15 is 0 Å². The summed E-state index contributed by atoms with van der Waals surface area (Å²) in [6.45, 7) is 4.30. The number of furan rings is 1. The molecule has 0 saturated heterocycles. The minimum absolute atomic E-state index is 0.148. The molecule has 1 aromatic heterocycles. The molecule has 1 fully saturated rings.